The van der Waals surface area contributed by atoms with Crippen LogP contribution >= 0.6 is 22.9 Å². The van der Waals surface area contributed by atoms with E-state index in [1.54, 1.807) is 37.4 Å². The number of sulfonamides is 1. The fraction of sp³-hybridized carbons (Fsp3) is 0.250. The molecule has 3 amide bonds. The molecule has 0 saturated carbocycles. The number of likely N-dealkylation sites (tertiary alicyclic amines) is 1. The van der Waals surface area contributed by atoms with Crippen molar-refractivity contribution in [3.8, 4) is 5.69 Å². The molecule has 0 aliphatic carbocycles. The van der Waals surface area contributed by atoms with E-state index in [9.17, 15) is 22.8 Å². The van der Waals surface area contributed by atoms with E-state index in [0.717, 1.165) is 36.7 Å². The van der Waals surface area contributed by atoms with Crippen molar-refractivity contribution in [1.29, 1.82) is 0 Å². The van der Waals surface area contributed by atoms with Gasteiger partial charge in [-0.1, -0.05) is 11.6 Å². The van der Waals surface area contributed by atoms with Crippen molar-refractivity contribution in [2.75, 3.05) is 43.9 Å². The Kier molecular flexibility index (Phi) is 8.82. The van der Waals surface area contributed by atoms with E-state index in [4.69, 9.17) is 11.6 Å². The average molecular weight is 629 g/mol. The lowest BCUT2D eigenvalue weighted by molar-refractivity contribution is 0.0951. The number of anilines is 2. The molecule has 1 saturated heterocycles. The number of hydrogen-bond acceptors (Lipinski definition) is 8. The van der Waals surface area contributed by atoms with Crippen molar-refractivity contribution in [3.63, 3.8) is 0 Å². The predicted octanol–water partition coefficient (Wildman–Crippen LogP) is 4.08. The van der Waals surface area contributed by atoms with Gasteiger partial charge >= 0.3 is 6.03 Å². The summed E-state index contributed by atoms with van der Waals surface area (Å²) in [4.78, 5) is 41.5. The minimum Gasteiger partial charge on any atom is -0.388 e. The van der Waals surface area contributed by atoms with Crippen LogP contribution in [0, 0.1) is 0 Å². The van der Waals surface area contributed by atoms with Crippen LogP contribution in [-0.4, -0.2) is 63.0 Å². The Balaban J connectivity index is 1.38. The molecule has 0 spiro atoms. The number of amides is 3. The van der Waals surface area contributed by atoms with Gasteiger partial charge in [0.15, 0.2) is 0 Å². The number of rotatable bonds is 9. The van der Waals surface area contributed by atoms with Gasteiger partial charge in [-0.25, -0.2) is 17.9 Å². The molecule has 0 atom stereocenters. The molecule has 1 fully saturated rings. The molecule has 4 aromatic rings. The molecule has 1 aliphatic rings. The van der Waals surface area contributed by atoms with Crippen LogP contribution < -0.4 is 26.2 Å². The van der Waals surface area contributed by atoms with Crippen molar-refractivity contribution in [2.45, 2.75) is 17.1 Å². The first kappa shape index (κ1) is 29.6. The Labute approximate surface area is 251 Å². The minimum absolute atomic E-state index is 0.0913. The summed E-state index contributed by atoms with van der Waals surface area (Å²) in [6.07, 6.45) is 3.85. The van der Waals surface area contributed by atoms with E-state index in [0.29, 0.717) is 34.3 Å². The topological polar surface area (TPSA) is 142 Å². The van der Waals surface area contributed by atoms with Crippen molar-refractivity contribution in [3.05, 3.63) is 81.0 Å². The number of hydrogen-bond donors (Lipinski definition) is 4. The van der Waals surface area contributed by atoms with Gasteiger partial charge in [-0.3, -0.25) is 14.2 Å². The number of fused-ring (bicyclic) bond motifs is 1. The third kappa shape index (κ3) is 6.59. The van der Waals surface area contributed by atoms with Crippen LogP contribution in [0.15, 0.2) is 69.8 Å². The second-order valence-electron chi connectivity index (χ2n) is 9.70. The summed E-state index contributed by atoms with van der Waals surface area (Å²) in [5.41, 5.74) is 1.55. The zero-order valence-electron chi connectivity index (χ0n) is 22.6. The van der Waals surface area contributed by atoms with Gasteiger partial charge in [0, 0.05) is 54.2 Å². The normalized spacial score (nSPS) is 13.7. The highest BCUT2D eigenvalue weighted by Crippen LogP contribution is 2.26. The van der Waals surface area contributed by atoms with Crippen molar-refractivity contribution in [2.24, 2.45) is 0 Å². The first-order valence-electron chi connectivity index (χ1n) is 13.2. The third-order valence-electron chi connectivity index (χ3n) is 6.91. The smallest absolute Gasteiger partial charge is 0.333 e. The van der Waals surface area contributed by atoms with Crippen molar-refractivity contribution >= 4 is 67.0 Å². The monoisotopic (exact) mass is 628 g/mol. The maximum Gasteiger partial charge on any atom is 0.333 e. The summed E-state index contributed by atoms with van der Waals surface area (Å²) >= 11 is 6.63. The van der Waals surface area contributed by atoms with Gasteiger partial charge in [0.2, 0.25) is 0 Å². The SMILES string of the molecule is CNc1ccc2c(=O)n(-c3ccc(NC(=O)NS(=O)(=O)c4ccc(Cl)s4)cc3)cc(C(=O)NCCN3CCCC3)c2c1. The zero-order chi connectivity index (χ0) is 29.9. The summed E-state index contributed by atoms with van der Waals surface area (Å²) in [6, 6.07) is 13.2. The highest BCUT2D eigenvalue weighted by Gasteiger charge is 2.21. The Bertz CT molecular complexity index is 1800. The fourth-order valence-corrected chi connectivity index (χ4v) is 7.16. The molecule has 4 N–H and O–H groups in total. The van der Waals surface area contributed by atoms with Crippen molar-refractivity contribution < 1.29 is 18.0 Å². The van der Waals surface area contributed by atoms with E-state index < -0.39 is 16.1 Å². The van der Waals surface area contributed by atoms with Gasteiger partial charge < -0.3 is 20.9 Å². The van der Waals surface area contributed by atoms with Gasteiger partial charge in [-0.15, -0.1) is 11.3 Å². The number of nitrogens with zero attached hydrogens (tertiary/aromatic N) is 2. The van der Waals surface area contributed by atoms with Crippen LogP contribution in [0.2, 0.25) is 4.34 Å². The van der Waals surface area contributed by atoms with Crippen LogP contribution in [0.3, 0.4) is 0 Å². The standard InChI is InChI=1S/C28H29ClN6O5S2/c1-30-19-6-9-21-22(16-19)23(26(36)31-12-15-34-13-2-3-14-34)17-35(27(21)37)20-7-4-18(5-8-20)32-28(38)33-42(39,40)25-11-10-24(29)41-25/h4-11,16-17,30H,2-3,12-15H2,1H3,(H,31,36)(H2,32,33,38). The summed E-state index contributed by atoms with van der Waals surface area (Å²) in [5, 5.41) is 9.41. The van der Waals surface area contributed by atoms with Gasteiger partial charge in [0.1, 0.15) is 4.21 Å². The Hall–Kier alpha value is -3.91. The molecule has 14 heteroatoms. The summed E-state index contributed by atoms with van der Waals surface area (Å²) in [7, 11) is -2.32. The minimum atomic E-state index is -4.08. The molecule has 2 aromatic heterocycles. The Morgan fingerprint density at radius 2 is 1.69 bits per heavy atom. The summed E-state index contributed by atoms with van der Waals surface area (Å²) in [6.45, 7) is 3.31. The number of halogens is 1. The molecule has 5 rings (SSSR count). The Morgan fingerprint density at radius 3 is 2.36 bits per heavy atom. The van der Waals surface area contributed by atoms with Gasteiger partial charge in [0.25, 0.3) is 21.5 Å². The maximum absolute atomic E-state index is 13.5. The number of pyridine rings is 1. The highest BCUT2D eigenvalue weighted by molar-refractivity contribution is 7.92. The zero-order valence-corrected chi connectivity index (χ0v) is 25.0. The second kappa shape index (κ2) is 12.5. The number of nitrogens with one attached hydrogen (secondary N) is 4. The van der Waals surface area contributed by atoms with Gasteiger partial charge in [-0.05, 0) is 80.5 Å². The first-order valence-corrected chi connectivity index (χ1v) is 15.9. The lowest BCUT2D eigenvalue weighted by Crippen LogP contribution is -2.34. The maximum atomic E-state index is 13.5. The molecule has 1 aliphatic heterocycles. The van der Waals surface area contributed by atoms with Crippen LogP contribution in [-0.2, 0) is 10.0 Å². The van der Waals surface area contributed by atoms with Gasteiger partial charge in [-0.2, -0.15) is 0 Å². The molecular formula is C28H29ClN6O5S2. The van der Waals surface area contributed by atoms with Crippen LogP contribution in [0.5, 0.6) is 0 Å². The van der Waals surface area contributed by atoms with Crippen LogP contribution in [0.1, 0.15) is 23.2 Å². The van der Waals surface area contributed by atoms with E-state index in [-0.39, 0.29) is 20.0 Å². The predicted molar refractivity (Wildman–Crippen MR) is 166 cm³/mol. The number of benzene rings is 2. The molecule has 220 valence electrons. The molecule has 11 nitrogen and oxygen atoms in total. The molecule has 2 aromatic carbocycles. The number of aromatic nitrogens is 1. The molecule has 0 bridgehead atoms. The molecule has 3 heterocycles. The lowest BCUT2D eigenvalue weighted by Gasteiger charge is -2.16. The van der Waals surface area contributed by atoms with E-state index >= 15 is 0 Å². The fourth-order valence-electron chi connectivity index (χ4n) is 4.77. The molecule has 0 radical (unpaired) electrons. The Morgan fingerprint density at radius 1 is 0.976 bits per heavy atom. The van der Waals surface area contributed by atoms with E-state index in [1.807, 2.05) is 4.72 Å². The summed E-state index contributed by atoms with van der Waals surface area (Å²) in [5.74, 6) is -0.288. The number of carbonyl (C=O) groups excluding carboxylic acids is 2. The number of urea groups is 1. The van der Waals surface area contributed by atoms with Crippen molar-refractivity contribution in [1.82, 2.24) is 19.5 Å². The average Bonchev–Trinajstić information content (AvgIpc) is 3.65. The number of thiophene rings is 1. The van der Waals surface area contributed by atoms with E-state index in [1.165, 1.54) is 47.9 Å². The molecule has 42 heavy (non-hydrogen) atoms. The van der Waals surface area contributed by atoms with Gasteiger partial charge in [0.05, 0.1) is 9.90 Å². The second-order valence-corrected chi connectivity index (χ2v) is 13.3. The molecular weight excluding hydrogens is 600 g/mol. The molecule has 0 unspecified atom stereocenters. The van der Waals surface area contributed by atoms with E-state index in [2.05, 4.69) is 20.9 Å². The lowest BCUT2D eigenvalue weighted by atomic mass is 10.1. The van der Waals surface area contributed by atoms with Crippen LogP contribution in [0.4, 0.5) is 16.2 Å². The summed E-state index contributed by atoms with van der Waals surface area (Å²) < 4.78 is 28.3. The number of carbonyl (C=O) groups is 2. The largest absolute Gasteiger partial charge is 0.388 e. The quantitative estimate of drug-likeness (QED) is 0.219. The van der Waals surface area contributed by atoms with Crippen LogP contribution in [0.25, 0.3) is 16.5 Å². The first-order chi connectivity index (χ1) is 20.1. The highest BCUT2D eigenvalue weighted by atomic mass is 35.5. The third-order valence-corrected chi connectivity index (χ3v) is 9.96.